The Bertz CT molecular complexity index is 361. The molecule has 0 bridgehead atoms. The summed E-state index contributed by atoms with van der Waals surface area (Å²) in [6.07, 6.45) is 0. The fraction of sp³-hybridized carbons (Fsp3) is 0.700. The molecule has 1 atom stereocenters. The van der Waals surface area contributed by atoms with Crippen LogP contribution in [-0.4, -0.2) is 30.8 Å². The second kappa shape index (κ2) is 4.01. The van der Waals surface area contributed by atoms with Gasteiger partial charge in [0.1, 0.15) is 0 Å². The van der Waals surface area contributed by atoms with E-state index in [4.69, 9.17) is 0 Å². The van der Waals surface area contributed by atoms with Crippen molar-refractivity contribution < 1.29 is 13.3 Å². The molecule has 0 saturated carbocycles. The number of piperazine rings is 1. The summed E-state index contributed by atoms with van der Waals surface area (Å²) < 4.78 is 30.6. The van der Waals surface area contributed by atoms with E-state index in [1.165, 1.54) is 6.07 Å². The summed E-state index contributed by atoms with van der Waals surface area (Å²) in [4.78, 5) is 1.97. The first-order valence-electron chi connectivity index (χ1n) is 5.31. The van der Waals surface area contributed by atoms with Crippen LogP contribution in [0.15, 0.2) is 10.6 Å². The molecule has 2 heterocycles. The van der Waals surface area contributed by atoms with Gasteiger partial charge in [-0.25, -0.2) is 0 Å². The second-order valence-electron chi connectivity index (χ2n) is 4.18. The molecule has 1 aromatic heterocycles. The predicted octanol–water partition coefficient (Wildman–Crippen LogP) is 1.58. The third kappa shape index (κ3) is 2.16. The van der Waals surface area contributed by atoms with Crippen LogP contribution in [0.25, 0.3) is 0 Å². The average Bonchev–Trinajstić information content (AvgIpc) is 2.66. The lowest BCUT2D eigenvalue weighted by atomic mass is 10.2. The molecule has 16 heavy (non-hydrogen) atoms. The number of alkyl halides is 2. The van der Waals surface area contributed by atoms with Crippen molar-refractivity contribution in [2.45, 2.75) is 25.8 Å². The molecule has 1 aliphatic rings. The van der Waals surface area contributed by atoms with Crippen molar-refractivity contribution in [1.29, 1.82) is 0 Å². The Balaban J connectivity index is 2.18. The quantitative estimate of drug-likeness (QED) is 0.839. The van der Waals surface area contributed by atoms with E-state index < -0.39 is 5.92 Å². The number of anilines is 1. The third-order valence-corrected chi connectivity index (χ3v) is 2.73. The average molecular weight is 231 g/mol. The molecule has 0 aliphatic carbocycles. The normalized spacial score (nSPS) is 22.5. The fourth-order valence-electron chi connectivity index (χ4n) is 1.79. The molecule has 1 fully saturated rings. The highest BCUT2D eigenvalue weighted by atomic mass is 19.3. The number of halogens is 2. The van der Waals surface area contributed by atoms with Gasteiger partial charge in [-0.15, -0.1) is 0 Å². The lowest BCUT2D eigenvalue weighted by molar-refractivity contribution is -0.0105. The molecule has 4 nitrogen and oxygen atoms in total. The van der Waals surface area contributed by atoms with Gasteiger partial charge in [0.05, 0.1) is 0 Å². The number of hydrogen-bond donors (Lipinski definition) is 1. The molecule has 1 aromatic rings. The molecule has 1 N–H and O–H groups in total. The zero-order valence-corrected chi connectivity index (χ0v) is 9.33. The van der Waals surface area contributed by atoms with Crippen LogP contribution >= 0.6 is 0 Å². The number of nitrogens with zero attached hydrogens (tertiary/aromatic N) is 2. The fourth-order valence-corrected chi connectivity index (χ4v) is 1.79. The van der Waals surface area contributed by atoms with Gasteiger partial charge in [0.2, 0.25) is 5.76 Å². The molecule has 1 aliphatic heterocycles. The van der Waals surface area contributed by atoms with Gasteiger partial charge < -0.3 is 14.7 Å². The van der Waals surface area contributed by atoms with Crippen LogP contribution in [0.1, 0.15) is 19.6 Å². The van der Waals surface area contributed by atoms with Crippen LogP contribution in [0.4, 0.5) is 14.6 Å². The summed E-state index contributed by atoms with van der Waals surface area (Å²) in [5.74, 6) is -2.86. The van der Waals surface area contributed by atoms with E-state index in [1.54, 1.807) is 0 Å². The summed E-state index contributed by atoms with van der Waals surface area (Å²) in [5, 5.41) is 6.92. The van der Waals surface area contributed by atoms with Gasteiger partial charge in [-0.2, -0.15) is 8.78 Å². The van der Waals surface area contributed by atoms with Crippen LogP contribution < -0.4 is 10.2 Å². The van der Waals surface area contributed by atoms with E-state index in [0.717, 1.165) is 26.6 Å². The predicted molar refractivity (Wildman–Crippen MR) is 55.7 cm³/mol. The molecule has 0 aromatic carbocycles. The highest BCUT2D eigenvalue weighted by Gasteiger charge is 2.31. The first-order valence-corrected chi connectivity index (χ1v) is 5.31. The first-order chi connectivity index (χ1) is 7.48. The monoisotopic (exact) mass is 231 g/mol. The standard InChI is InChI=1S/C10H15F2N3O/c1-7-6-13-3-4-15(7)9-5-8(16-14-9)10(2,11)12/h5,7,13H,3-4,6H2,1-2H3/t7-/m1/s1. The SMILES string of the molecule is C[C@@H]1CNCCN1c1cc(C(C)(F)F)on1. The molecule has 2 rings (SSSR count). The van der Waals surface area contributed by atoms with Crippen LogP contribution in [0.2, 0.25) is 0 Å². The molecule has 0 radical (unpaired) electrons. The van der Waals surface area contributed by atoms with Crippen LogP contribution in [0.5, 0.6) is 0 Å². The van der Waals surface area contributed by atoms with Crippen molar-refractivity contribution in [2.75, 3.05) is 24.5 Å². The number of rotatable bonds is 2. The van der Waals surface area contributed by atoms with Gasteiger partial charge in [-0.05, 0) is 6.92 Å². The maximum Gasteiger partial charge on any atom is 0.304 e. The van der Waals surface area contributed by atoms with Gasteiger partial charge >= 0.3 is 5.92 Å². The number of nitrogens with one attached hydrogen (secondary N) is 1. The Morgan fingerprint density at radius 3 is 2.94 bits per heavy atom. The van der Waals surface area contributed by atoms with E-state index in [-0.39, 0.29) is 11.8 Å². The first kappa shape index (κ1) is 11.3. The van der Waals surface area contributed by atoms with Gasteiger partial charge in [0.25, 0.3) is 0 Å². The van der Waals surface area contributed by atoms with E-state index >= 15 is 0 Å². The molecule has 0 unspecified atom stereocenters. The Labute approximate surface area is 92.6 Å². The van der Waals surface area contributed by atoms with Crippen molar-refractivity contribution >= 4 is 5.82 Å². The molecular weight excluding hydrogens is 216 g/mol. The lowest BCUT2D eigenvalue weighted by Gasteiger charge is -2.33. The maximum absolute atomic E-state index is 13.0. The van der Waals surface area contributed by atoms with Gasteiger partial charge in [-0.3, -0.25) is 0 Å². The number of aromatic nitrogens is 1. The minimum atomic E-state index is -2.97. The summed E-state index contributed by atoms with van der Waals surface area (Å²) in [6.45, 7) is 5.23. The zero-order chi connectivity index (χ0) is 11.8. The highest BCUT2D eigenvalue weighted by molar-refractivity contribution is 5.40. The van der Waals surface area contributed by atoms with Crippen molar-refractivity contribution in [3.8, 4) is 0 Å². The number of hydrogen-bond acceptors (Lipinski definition) is 4. The van der Waals surface area contributed by atoms with Crippen LogP contribution in [-0.2, 0) is 5.92 Å². The molecule has 6 heteroatoms. The maximum atomic E-state index is 13.0. The van der Waals surface area contributed by atoms with Crippen LogP contribution in [0, 0.1) is 0 Å². The van der Waals surface area contributed by atoms with E-state index in [2.05, 4.69) is 15.0 Å². The Morgan fingerprint density at radius 2 is 2.38 bits per heavy atom. The van der Waals surface area contributed by atoms with Gasteiger partial charge in [0.15, 0.2) is 5.82 Å². The van der Waals surface area contributed by atoms with E-state index in [1.807, 2.05) is 11.8 Å². The van der Waals surface area contributed by atoms with E-state index in [9.17, 15) is 8.78 Å². The van der Waals surface area contributed by atoms with Crippen molar-refractivity contribution in [1.82, 2.24) is 10.5 Å². The summed E-state index contributed by atoms with van der Waals surface area (Å²) in [6, 6.07) is 1.55. The summed E-state index contributed by atoms with van der Waals surface area (Å²) in [7, 11) is 0. The molecule has 0 amide bonds. The van der Waals surface area contributed by atoms with Gasteiger partial charge in [0, 0.05) is 38.7 Å². The largest absolute Gasteiger partial charge is 0.353 e. The Kier molecular flexibility index (Phi) is 2.84. The molecule has 1 saturated heterocycles. The van der Waals surface area contributed by atoms with E-state index in [0.29, 0.717) is 5.82 Å². The molecule has 90 valence electrons. The lowest BCUT2D eigenvalue weighted by Crippen LogP contribution is -2.50. The smallest absolute Gasteiger partial charge is 0.304 e. The van der Waals surface area contributed by atoms with Crippen LogP contribution in [0.3, 0.4) is 0 Å². The Hall–Kier alpha value is -1.17. The highest BCUT2D eigenvalue weighted by Crippen LogP contribution is 2.30. The third-order valence-electron chi connectivity index (χ3n) is 2.73. The minimum absolute atomic E-state index is 0.233. The Morgan fingerprint density at radius 1 is 1.62 bits per heavy atom. The summed E-state index contributed by atoms with van der Waals surface area (Å²) in [5.41, 5.74) is 0. The summed E-state index contributed by atoms with van der Waals surface area (Å²) >= 11 is 0. The van der Waals surface area contributed by atoms with Gasteiger partial charge in [-0.1, -0.05) is 5.16 Å². The van der Waals surface area contributed by atoms with Crippen molar-refractivity contribution in [3.05, 3.63) is 11.8 Å². The topological polar surface area (TPSA) is 41.3 Å². The second-order valence-corrected chi connectivity index (χ2v) is 4.18. The molecule has 0 spiro atoms. The molecular formula is C10H15F2N3O. The van der Waals surface area contributed by atoms with Crippen molar-refractivity contribution in [2.24, 2.45) is 0 Å². The zero-order valence-electron chi connectivity index (χ0n) is 9.33. The van der Waals surface area contributed by atoms with Crippen molar-refractivity contribution in [3.63, 3.8) is 0 Å². The minimum Gasteiger partial charge on any atom is -0.353 e.